The second-order valence-corrected chi connectivity index (χ2v) is 7.35. The molecule has 0 saturated carbocycles. The van der Waals surface area contributed by atoms with E-state index in [1.807, 2.05) is 42.5 Å². The number of ether oxygens (including phenoxy) is 2. The van der Waals surface area contributed by atoms with Gasteiger partial charge in [0.15, 0.2) is 12.4 Å². The summed E-state index contributed by atoms with van der Waals surface area (Å²) in [6, 6.07) is 21.6. The Balaban J connectivity index is 1.38. The number of furan rings is 1. The number of anilines is 2. The van der Waals surface area contributed by atoms with Crippen molar-refractivity contribution in [1.29, 1.82) is 0 Å². The van der Waals surface area contributed by atoms with Crippen LogP contribution in [0, 0.1) is 0 Å². The fourth-order valence-electron chi connectivity index (χ4n) is 3.32. The van der Waals surface area contributed by atoms with Crippen LogP contribution in [0.25, 0.3) is 11.0 Å². The number of nitrogens with one attached hydrogen (secondary N) is 2. The minimum Gasteiger partial charge on any atom is -0.494 e. The van der Waals surface area contributed by atoms with Crippen LogP contribution in [0.3, 0.4) is 0 Å². The molecule has 4 aromatic rings. The van der Waals surface area contributed by atoms with Gasteiger partial charge in [-0.25, -0.2) is 0 Å². The molecule has 0 saturated heterocycles. The van der Waals surface area contributed by atoms with E-state index >= 15 is 0 Å². The maximum Gasteiger partial charge on any atom is 0.291 e. The zero-order valence-electron chi connectivity index (χ0n) is 18.4. The summed E-state index contributed by atoms with van der Waals surface area (Å²) in [4.78, 5) is 24.9. The average molecular weight is 444 g/mol. The van der Waals surface area contributed by atoms with Crippen molar-refractivity contribution in [2.45, 2.75) is 13.3 Å². The fraction of sp³-hybridized carbons (Fsp3) is 0.154. The van der Waals surface area contributed by atoms with Gasteiger partial charge in [-0.2, -0.15) is 0 Å². The molecule has 1 aromatic heterocycles. The van der Waals surface area contributed by atoms with Crippen LogP contribution in [0.4, 0.5) is 11.4 Å². The molecule has 0 atom stereocenters. The molecule has 0 aliphatic heterocycles. The molecule has 168 valence electrons. The van der Waals surface area contributed by atoms with Gasteiger partial charge < -0.3 is 24.5 Å². The monoisotopic (exact) mass is 444 g/mol. The molecular weight excluding hydrogens is 420 g/mol. The predicted molar refractivity (Wildman–Crippen MR) is 127 cm³/mol. The summed E-state index contributed by atoms with van der Waals surface area (Å²) in [6.07, 6.45) is 0.942. The first-order chi connectivity index (χ1) is 16.1. The summed E-state index contributed by atoms with van der Waals surface area (Å²) in [5.41, 5.74) is 2.80. The summed E-state index contributed by atoms with van der Waals surface area (Å²) < 4.78 is 16.5. The van der Waals surface area contributed by atoms with Crippen molar-refractivity contribution in [3.63, 3.8) is 0 Å². The van der Waals surface area contributed by atoms with Crippen LogP contribution in [-0.2, 0) is 11.2 Å². The number of carbonyl (C=O) groups excluding carboxylic acids is 2. The minimum atomic E-state index is -0.399. The number of amides is 2. The minimum absolute atomic E-state index is 0.127. The number of methoxy groups -OCH3 is 1. The van der Waals surface area contributed by atoms with E-state index in [1.165, 1.54) is 12.7 Å². The van der Waals surface area contributed by atoms with Crippen LogP contribution in [0.2, 0.25) is 0 Å². The van der Waals surface area contributed by atoms with Crippen LogP contribution in [0.5, 0.6) is 11.5 Å². The van der Waals surface area contributed by atoms with Gasteiger partial charge in [0.1, 0.15) is 17.1 Å². The van der Waals surface area contributed by atoms with Crippen LogP contribution in [-0.4, -0.2) is 25.5 Å². The molecule has 33 heavy (non-hydrogen) atoms. The van der Waals surface area contributed by atoms with Crippen molar-refractivity contribution in [1.82, 2.24) is 0 Å². The molecular formula is C26H24N2O5. The Morgan fingerprint density at radius 3 is 2.45 bits per heavy atom. The van der Waals surface area contributed by atoms with E-state index in [-0.39, 0.29) is 18.3 Å². The van der Waals surface area contributed by atoms with Gasteiger partial charge >= 0.3 is 0 Å². The molecule has 0 aliphatic rings. The highest BCUT2D eigenvalue weighted by Crippen LogP contribution is 2.29. The number of hydrogen-bond donors (Lipinski definition) is 2. The van der Waals surface area contributed by atoms with E-state index in [0.29, 0.717) is 28.5 Å². The number of carbonyl (C=O) groups is 2. The highest BCUT2D eigenvalue weighted by Gasteiger charge is 2.15. The van der Waals surface area contributed by atoms with Crippen LogP contribution in [0.1, 0.15) is 23.0 Å². The zero-order chi connectivity index (χ0) is 23.2. The molecule has 1 heterocycles. The Morgan fingerprint density at radius 1 is 0.939 bits per heavy atom. The molecule has 0 aliphatic carbocycles. The van der Waals surface area contributed by atoms with Crippen LogP contribution in [0.15, 0.2) is 77.2 Å². The lowest BCUT2D eigenvalue weighted by molar-refractivity contribution is -0.118. The third-order valence-electron chi connectivity index (χ3n) is 5.08. The second-order valence-electron chi connectivity index (χ2n) is 7.35. The first-order valence-corrected chi connectivity index (χ1v) is 10.5. The van der Waals surface area contributed by atoms with Crippen molar-refractivity contribution in [3.05, 3.63) is 84.1 Å². The second kappa shape index (κ2) is 9.91. The Kier molecular flexibility index (Phi) is 6.59. The fourth-order valence-corrected chi connectivity index (χ4v) is 3.32. The van der Waals surface area contributed by atoms with Crippen molar-refractivity contribution in [3.8, 4) is 11.5 Å². The quantitative estimate of drug-likeness (QED) is 0.386. The number of para-hydroxylation sites is 1. The molecule has 0 fully saturated rings. The molecule has 4 rings (SSSR count). The molecule has 2 N–H and O–H groups in total. The maximum absolute atomic E-state index is 12.6. The predicted octanol–water partition coefficient (Wildman–Crippen LogP) is 5.27. The number of benzene rings is 3. The van der Waals surface area contributed by atoms with Crippen molar-refractivity contribution in [2.24, 2.45) is 0 Å². The number of fused-ring (bicyclic) bond motifs is 1. The summed E-state index contributed by atoms with van der Waals surface area (Å²) >= 11 is 0. The standard InChI is InChI=1S/C26H24N2O5/c1-3-17-8-11-20(12-9-17)32-16-25(29)27-19-10-13-21(23(15-19)31-2)28-26(30)24-14-18-6-4-5-7-22(18)33-24/h4-15H,3,16H2,1-2H3,(H,27,29)(H,28,30). The average Bonchev–Trinajstić information content (AvgIpc) is 3.28. The molecule has 7 nitrogen and oxygen atoms in total. The number of rotatable bonds is 8. The van der Waals surface area contributed by atoms with Gasteiger partial charge in [0, 0.05) is 17.1 Å². The number of aryl methyl sites for hydroxylation is 1. The molecule has 2 amide bonds. The first kappa shape index (κ1) is 22.0. The lowest BCUT2D eigenvalue weighted by Gasteiger charge is -2.12. The van der Waals surface area contributed by atoms with Gasteiger partial charge in [-0.3, -0.25) is 9.59 Å². The normalized spacial score (nSPS) is 10.6. The van der Waals surface area contributed by atoms with E-state index in [1.54, 1.807) is 30.3 Å². The van der Waals surface area contributed by atoms with Crippen molar-refractivity contribution >= 4 is 34.2 Å². The Morgan fingerprint density at radius 2 is 1.73 bits per heavy atom. The molecule has 0 spiro atoms. The third-order valence-corrected chi connectivity index (χ3v) is 5.08. The SMILES string of the molecule is CCc1ccc(OCC(=O)Nc2ccc(NC(=O)c3cc4ccccc4o3)c(OC)c2)cc1. The lowest BCUT2D eigenvalue weighted by Crippen LogP contribution is -2.20. The van der Waals surface area contributed by atoms with E-state index in [0.717, 1.165) is 11.8 Å². The topological polar surface area (TPSA) is 89.8 Å². The number of hydrogen-bond acceptors (Lipinski definition) is 5. The van der Waals surface area contributed by atoms with Gasteiger partial charge in [0.2, 0.25) is 0 Å². The highest BCUT2D eigenvalue weighted by atomic mass is 16.5. The molecule has 3 aromatic carbocycles. The van der Waals surface area contributed by atoms with Crippen LogP contribution < -0.4 is 20.1 Å². The molecule has 0 bridgehead atoms. The summed E-state index contributed by atoms with van der Waals surface area (Å²) in [6.45, 7) is 1.95. The van der Waals surface area contributed by atoms with Gasteiger partial charge in [-0.05, 0) is 48.4 Å². The lowest BCUT2D eigenvalue weighted by atomic mass is 10.2. The Hall–Kier alpha value is -4.26. The van der Waals surface area contributed by atoms with Gasteiger partial charge in [0.05, 0.1) is 12.8 Å². The molecule has 7 heteroatoms. The third kappa shape index (κ3) is 5.33. The van der Waals surface area contributed by atoms with E-state index in [9.17, 15) is 9.59 Å². The summed E-state index contributed by atoms with van der Waals surface area (Å²) in [5.74, 6) is 0.510. The Labute approximate surface area is 191 Å². The van der Waals surface area contributed by atoms with Crippen molar-refractivity contribution < 1.29 is 23.5 Å². The highest BCUT2D eigenvalue weighted by molar-refractivity contribution is 6.05. The first-order valence-electron chi connectivity index (χ1n) is 10.5. The van der Waals surface area contributed by atoms with E-state index in [2.05, 4.69) is 17.6 Å². The smallest absolute Gasteiger partial charge is 0.291 e. The Bertz CT molecular complexity index is 1240. The van der Waals surface area contributed by atoms with Crippen LogP contribution >= 0.6 is 0 Å². The van der Waals surface area contributed by atoms with E-state index in [4.69, 9.17) is 13.9 Å². The zero-order valence-corrected chi connectivity index (χ0v) is 18.4. The molecule has 0 radical (unpaired) electrons. The largest absolute Gasteiger partial charge is 0.494 e. The molecule has 0 unspecified atom stereocenters. The van der Waals surface area contributed by atoms with E-state index < -0.39 is 5.91 Å². The van der Waals surface area contributed by atoms with Crippen molar-refractivity contribution in [2.75, 3.05) is 24.4 Å². The maximum atomic E-state index is 12.6. The summed E-state index contributed by atoms with van der Waals surface area (Å²) in [7, 11) is 1.49. The van der Waals surface area contributed by atoms with Gasteiger partial charge in [0.25, 0.3) is 11.8 Å². The van der Waals surface area contributed by atoms with Gasteiger partial charge in [-0.15, -0.1) is 0 Å². The van der Waals surface area contributed by atoms with Gasteiger partial charge in [-0.1, -0.05) is 37.3 Å². The summed E-state index contributed by atoms with van der Waals surface area (Å²) in [5, 5.41) is 6.39.